The molecule has 1 heterocycles. The highest BCUT2D eigenvalue weighted by atomic mass is 16.5. The maximum atomic E-state index is 13.4. The van der Waals surface area contributed by atoms with E-state index in [1.54, 1.807) is 14.2 Å². The highest BCUT2D eigenvalue weighted by molar-refractivity contribution is 6.16. The molecule has 0 aromatic heterocycles. The van der Waals surface area contributed by atoms with Crippen molar-refractivity contribution in [1.82, 2.24) is 0 Å². The maximum absolute atomic E-state index is 13.4. The van der Waals surface area contributed by atoms with E-state index in [-0.39, 0.29) is 12.0 Å². The molecule has 2 aliphatic rings. The smallest absolute Gasteiger partial charge is 0.249 e. The van der Waals surface area contributed by atoms with Gasteiger partial charge in [0.05, 0.1) is 31.7 Å². The minimum atomic E-state index is -0.588. The molecule has 0 bridgehead atoms. The molecule has 1 amide bonds. The topological polar surface area (TPSA) is 69.2 Å². The number of carbonyl (C=O) groups is 1. The Labute approximate surface area is 205 Å². The summed E-state index contributed by atoms with van der Waals surface area (Å²) in [4.78, 5) is 18.3. The third-order valence-corrected chi connectivity index (χ3v) is 6.65. The van der Waals surface area contributed by atoms with Crippen molar-refractivity contribution in [2.45, 2.75) is 44.2 Å². The predicted octanol–water partition coefficient (Wildman–Crippen LogP) is 5.43. The van der Waals surface area contributed by atoms with Crippen LogP contribution < -0.4 is 19.5 Å². The lowest BCUT2D eigenvalue weighted by molar-refractivity contribution is -0.117. The van der Waals surface area contributed by atoms with Gasteiger partial charge in [0.1, 0.15) is 11.8 Å². The van der Waals surface area contributed by atoms with Crippen LogP contribution in [-0.4, -0.2) is 38.0 Å². The van der Waals surface area contributed by atoms with Crippen molar-refractivity contribution in [2.75, 3.05) is 19.5 Å². The van der Waals surface area contributed by atoms with Crippen molar-refractivity contribution in [3.63, 3.8) is 0 Å². The van der Waals surface area contributed by atoms with Crippen LogP contribution in [0.4, 0.5) is 5.69 Å². The average Bonchev–Trinajstić information content (AvgIpc) is 3.41. The Kier molecular flexibility index (Phi) is 6.70. The van der Waals surface area contributed by atoms with Crippen LogP contribution in [0, 0.1) is 0 Å². The first-order valence-corrected chi connectivity index (χ1v) is 12.1. The van der Waals surface area contributed by atoms with Gasteiger partial charge in [0.15, 0.2) is 11.5 Å². The summed E-state index contributed by atoms with van der Waals surface area (Å²) in [6.07, 6.45) is 5.17. The van der Waals surface area contributed by atoms with E-state index in [0.717, 1.165) is 41.0 Å². The molecule has 5 rings (SSSR count). The van der Waals surface area contributed by atoms with Gasteiger partial charge >= 0.3 is 0 Å². The summed E-state index contributed by atoms with van der Waals surface area (Å²) in [6.45, 7) is 0. The van der Waals surface area contributed by atoms with E-state index in [1.807, 2.05) is 66.7 Å². The van der Waals surface area contributed by atoms with Crippen LogP contribution in [0.3, 0.4) is 0 Å². The SMILES string of the molecule is COc1ccccc1NC(=O)C1Cc2cc(OC3CCCC3)c(OC)cc2C(c2ccccc2)=N1. The number of hydrogen-bond acceptors (Lipinski definition) is 5. The van der Waals surface area contributed by atoms with E-state index < -0.39 is 6.04 Å². The third-order valence-electron chi connectivity index (χ3n) is 6.65. The first-order valence-electron chi connectivity index (χ1n) is 12.1. The molecular formula is C29H30N2O4. The number of para-hydroxylation sites is 2. The molecule has 6 nitrogen and oxygen atoms in total. The van der Waals surface area contributed by atoms with Gasteiger partial charge in [0.2, 0.25) is 5.91 Å². The molecule has 1 aliphatic heterocycles. The third kappa shape index (κ3) is 4.87. The van der Waals surface area contributed by atoms with Gasteiger partial charge in [-0.2, -0.15) is 0 Å². The number of hydrogen-bond donors (Lipinski definition) is 1. The molecule has 3 aromatic carbocycles. The van der Waals surface area contributed by atoms with Gasteiger partial charge in [-0.1, -0.05) is 42.5 Å². The number of ether oxygens (including phenoxy) is 3. The molecule has 0 spiro atoms. The second-order valence-corrected chi connectivity index (χ2v) is 8.94. The Balaban J connectivity index is 1.52. The summed E-state index contributed by atoms with van der Waals surface area (Å²) < 4.78 is 17.5. The summed E-state index contributed by atoms with van der Waals surface area (Å²) in [5.74, 6) is 1.86. The van der Waals surface area contributed by atoms with Crippen molar-refractivity contribution < 1.29 is 19.0 Å². The summed E-state index contributed by atoms with van der Waals surface area (Å²) >= 11 is 0. The molecule has 1 aliphatic carbocycles. The second-order valence-electron chi connectivity index (χ2n) is 8.94. The zero-order chi connectivity index (χ0) is 24.2. The normalized spacial score (nSPS) is 17.3. The standard InChI is InChI=1S/C29H30N2O4/c1-33-25-15-9-8-14-23(25)31-29(32)24-16-20-17-27(35-21-12-6-7-13-21)26(34-2)18-22(20)28(30-24)19-10-4-3-5-11-19/h3-5,8-11,14-15,17-18,21,24H,6-7,12-13,16H2,1-2H3,(H,31,32). The first-order chi connectivity index (χ1) is 17.2. The Morgan fingerprint density at radius 2 is 1.60 bits per heavy atom. The fourth-order valence-electron chi connectivity index (χ4n) is 4.85. The van der Waals surface area contributed by atoms with Gasteiger partial charge in [-0.3, -0.25) is 9.79 Å². The molecule has 0 saturated heterocycles. The zero-order valence-electron chi connectivity index (χ0n) is 20.1. The van der Waals surface area contributed by atoms with Crippen molar-refractivity contribution in [3.05, 3.63) is 83.4 Å². The van der Waals surface area contributed by atoms with Crippen LogP contribution in [0.2, 0.25) is 0 Å². The first kappa shape index (κ1) is 23.0. The molecule has 3 aromatic rings. The van der Waals surface area contributed by atoms with Crippen LogP contribution in [-0.2, 0) is 11.2 Å². The number of rotatable bonds is 7. The van der Waals surface area contributed by atoms with Crippen molar-refractivity contribution in [3.8, 4) is 17.2 Å². The lowest BCUT2D eigenvalue weighted by atomic mass is 9.89. The molecular weight excluding hydrogens is 440 g/mol. The largest absolute Gasteiger partial charge is 0.495 e. The van der Waals surface area contributed by atoms with Gasteiger partial charge in [-0.05, 0) is 55.5 Å². The number of carbonyl (C=O) groups excluding carboxylic acids is 1. The number of benzene rings is 3. The minimum Gasteiger partial charge on any atom is -0.495 e. The van der Waals surface area contributed by atoms with Gasteiger partial charge in [-0.15, -0.1) is 0 Å². The molecule has 1 saturated carbocycles. The monoisotopic (exact) mass is 470 g/mol. The van der Waals surface area contributed by atoms with Crippen LogP contribution in [0.5, 0.6) is 17.2 Å². The van der Waals surface area contributed by atoms with Gasteiger partial charge in [-0.25, -0.2) is 0 Å². The molecule has 1 fully saturated rings. The number of fused-ring (bicyclic) bond motifs is 1. The molecule has 1 atom stereocenters. The molecule has 1 N–H and O–H groups in total. The van der Waals surface area contributed by atoms with E-state index in [9.17, 15) is 4.79 Å². The lowest BCUT2D eigenvalue weighted by Gasteiger charge is -2.26. The van der Waals surface area contributed by atoms with Gasteiger partial charge in [0, 0.05) is 17.5 Å². The molecule has 1 unspecified atom stereocenters. The van der Waals surface area contributed by atoms with Crippen LogP contribution in [0.25, 0.3) is 0 Å². The number of anilines is 1. The van der Waals surface area contributed by atoms with Crippen LogP contribution in [0.1, 0.15) is 42.4 Å². The number of nitrogens with zero attached hydrogens (tertiary/aromatic N) is 1. The van der Waals surface area contributed by atoms with Crippen molar-refractivity contribution in [2.24, 2.45) is 4.99 Å². The number of aliphatic imine (C=N–C) groups is 1. The summed E-state index contributed by atoms with van der Waals surface area (Å²) in [5, 5.41) is 3.00. The van der Waals surface area contributed by atoms with Crippen molar-refractivity contribution >= 4 is 17.3 Å². The highest BCUT2D eigenvalue weighted by Crippen LogP contribution is 2.37. The van der Waals surface area contributed by atoms with E-state index in [0.29, 0.717) is 23.6 Å². The summed E-state index contributed by atoms with van der Waals surface area (Å²) in [5.41, 5.74) is 4.34. The predicted molar refractivity (Wildman–Crippen MR) is 137 cm³/mol. The molecule has 35 heavy (non-hydrogen) atoms. The van der Waals surface area contributed by atoms with Crippen LogP contribution in [0.15, 0.2) is 71.7 Å². The highest BCUT2D eigenvalue weighted by Gasteiger charge is 2.30. The van der Waals surface area contributed by atoms with Gasteiger partial charge in [0.25, 0.3) is 0 Å². The molecule has 0 radical (unpaired) electrons. The maximum Gasteiger partial charge on any atom is 0.249 e. The number of methoxy groups -OCH3 is 2. The van der Waals surface area contributed by atoms with E-state index >= 15 is 0 Å². The average molecular weight is 471 g/mol. The summed E-state index contributed by atoms with van der Waals surface area (Å²) in [6, 6.07) is 20.8. The minimum absolute atomic E-state index is 0.178. The zero-order valence-corrected chi connectivity index (χ0v) is 20.1. The van der Waals surface area contributed by atoms with E-state index in [1.165, 1.54) is 12.8 Å². The van der Waals surface area contributed by atoms with Gasteiger partial charge < -0.3 is 19.5 Å². The van der Waals surface area contributed by atoms with E-state index in [4.69, 9.17) is 19.2 Å². The molecule has 6 heteroatoms. The lowest BCUT2D eigenvalue weighted by Crippen LogP contribution is -2.33. The Hall–Kier alpha value is -3.80. The number of nitrogens with one attached hydrogen (secondary N) is 1. The fraction of sp³-hybridized carbons (Fsp3) is 0.310. The number of amides is 1. The van der Waals surface area contributed by atoms with Crippen molar-refractivity contribution in [1.29, 1.82) is 0 Å². The van der Waals surface area contributed by atoms with E-state index in [2.05, 4.69) is 5.32 Å². The Bertz CT molecular complexity index is 1230. The fourth-order valence-corrected chi connectivity index (χ4v) is 4.85. The summed E-state index contributed by atoms with van der Waals surface area (Å²) in [7, 11) is 3.25. The second kappa shape index (κ2) is 10.2. The van der Waals surface area contributed by atoms with Crippen LogP contribution >= 0.6 is 0 Å². The Morgan fingerprint density at radius 1 is 0.886 bits per heavy atom. The quantitative estimate of drug-likeness (QED) is 0.500. The Morgan fingerprint density at radius 3 is 2.34 bits per heavy atom. The molecule has 180 valence electrons.